The molecule has 19 heteroatoms. The Morgan fingerprint density at radius 2 is 1.28 bits per heavy atom. The van der Waals surface area contributed by atoms with Crippen LogP contribution in [-0.4, -0.2) is 89.2 Å². The number of anilines is 2. The normalized spacial score (nSPS) is 19.3. The molecule has 0 bridgehead atoms. The topological polar surface area (TPSA) is 209 Å². The van der Waals surface area contributed by atoms with Crippen LogP contribution in [0.1, 0.15) is 51.4 Å². The molecule has 1 amide bonds. The van der Waals surface area contributed by atoms with Crippen molar-refractivity contribution in [3.05, 3.63) is 71.0 Å². The van der Waals surface area contributed by atoms with Gasteiger partial charge in [-0.15, -0.1) is 0 Å². The van der Waals surface area contributed by atoms with Crippen LogP contribution in [0.4, 0.5) is 20.4 Å². The summed E-state index contributed by atoms with van der Waals surface area (Å²) in [5.41, 5.74) is 2.63. The molecule has 6 heterocycles. The van der Waals surface area contributed by atoms with E-state index in [1.54, 1.807) is 37.8 Å². The van der Waals surface area contributed by atoms with Crippen molar-refractivity contribution in [1.82, 2.24) is 45.2 Å². The van der Waals surface area contributed by atoms with Crippen LogP contribution in [-0.2, 0) is 14.3 Å². The number of hydrogen-bond acceptors (Lipinski definition) is 11. The molecule has 2 fully saturated rings. The lowest BCUT2D eigenvalue weighted by atomic mass is 9.85. The van der Waals surface area contributed by atoms with Crippen molar-refractivity contribution >= 4 is 68.8 Å². The van der Waals surface area contributed by atoms with Crippen LogP contribution >= 0.6 is 23.2 Å². The van der Waals surface area contributed by atoms with Crippen molar-refractivity contribution < 1.29 is 28.2 Å². The van der Waals surface area contributed by atoms with E-state index in [4.69, 9.17) is 27.9 Å². The van der Waals surface area contributed by atoms with Crippen LogP contribution in [0, 0.1) is 23.5 Å². The van der Waals surface area contributed by atoms with E-state index >= 15 is 0 Å². The average Bonchev–Trinajstić information content (AvgIpc) is 3.84. The third kappa shape index (κ3) is 9.60. The highest BCUT2D eigenvalue weighted by molar-refractivity contribution is 6.31. The van der Waals surface area contributed by atoms with Crippen LogP contribution in [0.15, 0.2) is 49.3 Å². The van der Waals surface area contributed by atoms with Gasteiger partial charge in [-0.25, -0.2) is 38.7 Å². The summed E-state index contributed by atoms with van der Waals surface area (Å²) >= 11 is 12.1. The zero-order chi connectivity index (χ0) is 40.8. The number of amides is 1. The molecule has 304 valence electrons. The molecular formula is C39H41Cl2F2N11O4. The molecular weight excluding hydrogens is 795 g/mol. The number of fused-ring (bicyclic) bond motifs is 2. The number of aromatic nitrogens is 8. The van der Waals surface area contributed by atoms with Crippen LogP contribution in [0.2, 0.25) is 10.0 Å². The lowest BCUT2D eigenvalue weighted by molar-refractivity contribution is -0.142. The SMILES string of the molecule is COCCNC(=O)[C@@H]1CCCC(Nc2nc(-c3c[nH]c4ncc(Cl)cc34)ncc2F)C1.O=C(O)[C@@H]1CCCC(Nc2nc(-c3c[nH]c4ncc(Cl)cc34)ncc2F)C1. The number of pyridine rings is 2. The number of aliphatic carboxylic acids is 1. The Kier molecular flexibility index (Phi) is 12.9. The van der Waals surface area contributed by atoms with Gasteiger partial charge in [0.05, 0.1) is 35.0 Å². The lowest BCUT2D eigenvalue weighted by Gasteiger charge is -2.29. The minimum absolute atomic E-state index is 0.00979. The number of rotatable bonds is 11. The van der Waals surface area contributed by atoms with Crippen molar-refractivity contribution in [2.75, 3.05) is 30.9 Å². The first kappa shape index (κ1) is 40.7. The van der Waals surface area contributed by atoms with Gasteiger partial charge in [0.2, 0.25) is 5.91 Å². The summed E-state index contributed by atoms with van der Waals surface area (Å²) in [5.74, 6) is -1.55. The maximum atomic E-state index is 14.5. The third-order valence-electron chi connectivity index (χ3n) is 10.3. The number of carboxylic acid groups (broad SMARTS) is 1. The first-order valence-corrected chi connectivity index (χ1v) is 19.7. The number of hydrogen-bond donors (Lipinski definition) is 6. The van der Waals surface area contributed by atoms with Gasteiger partial charge in [0.25, 0.3) is 0 Å². The summed E-state index contributed by atoms with van der Waals surface area (Å²) in [4.78, 5) is 55.1. The molecule has 2 aliphatic carbocycles. The van der Waals surface area contributed by atoms with E-state index in [1.165, 1.54) is 6.20 Å². The molecule has 0 aromatic carbocycles. The smallest absolute Gasteiger partial charge is 0.306 e. The summed E-state index contributed by atoms with van der Waals surface area (Å²) in [6.45, 7) is 0.959. The molecule has 4 atom stereocenters. The molecule has 6 aromatic heterocycles. The quantitative estimate of drug-likeness (QED) is 0.0705. The fraction of sp³-hybridized carbons (Fsp3) is 0.385. The summed E-state index contributed by atoms with van der Waals surface area (Å²) in [6, 6.07) is 3.32. The van der Waals surface area contributed by atoms with Crippen molar-refractivity contribution in [3.63, 3.8) is 0 Å². The van der Waals surface area contributed by atoms with Crippen molar-refractivity contribution in [1.29, 1.82) is 0 Å². The van der Waals surface area contributed by atoms with Crippen LogP contribution < -0.4 is 16.0 Å². The number of halogens is 4. The molecule has 8 rings (SSSR count). The van der Waals surface area contributed by atoms with Gasteiger partial charge < -0.3 is 35.8 Å². The Hall–Kier alpha value is -5.52. The van der Waals surface area contributed by atoms with Crippen LogP contribution in [0.3, 0.4) is 0 Å². The summed E-state index contributed by atoms with van der Waals surface area (Å²) < 4.78 is 33.7. The zero-order valence-corrected chi connectivity index (χ0v) is 32.9. The van der Waals surface area contributed by atoms with Crippen molar-refractivity contribution in [2.24, 2.45) is 11.8 Å². The molecule has 2 unspecified atom stereocenters. The highest BCUT2D eigenvalue weighted by Gasteiger charge is 2.29. The van der Waals surface area contributed by atoms with E-state index in [1.807, 2.05) is 0 Å². The zero-order valence-electron chi connectivity index (χ0n) is 31.4. The largest absolute Gasteiger partial charge is 0.481 e. The Bertz CT molecular complexity index is 2410. The van der Waals surface area contributed by atoms with Gasteiger partial charge in [0.15, 0.2) is 34.9 Å². The second kappa shape index (κ2) is 18.4. The second-order valence-electron chi connectivity index (χ2n) is 14.3. The molecule has 2 aliphatic rings. The molecule has 0 spiro atoms. The van der Waals surface area contributed by atoms with Gasteiger partial charge >= 0.3 is 5.97 Å². The Balaban J connectivity index is 0.000000178. The number of carbonyl (C=O) groups is 2. The maximum absolute atomic E-state index is 14.5. The van der Waals surface area contributed by atoms with E-state index in [2.05, 4.69) is 55.8 Å². The number of nitrogens with one attached hydrogen (secondary N) is 5. The summed E-state index contributed by atoms with van der Waals surface area (Å²) in [5, 5.41) is 20.8. The Labute approximate surface area is 341 Å². The predicted molar refractivity (Wildman–Crippen MR) is 215 cm³/mol. The first-order chi connectivity index (χ1) is 28.1. The van der Waals surface area contributed by atoms with E-state index in [-0.39, 0.29) is 35.5 Å². The van der Waals surface area contributed by atoms with Crippen molar-refractivity contribution in [3.8, 4) is 22.8 Å². The molecule has 0 aliphatic heterocycles. The maximum Gasteiger partial charge on any atom is 0.306 e. The monoisotopic (exact) mass is 835 g/mol. The van der Waals surface area contributed by atoms with Crippen LogP contribution in [0.25, 0.3) is 44.8 Å². The van der Waals surface area contributed by atoms with Gasteiger partial charge in [-0.3, -0.25) is 9.59 Å². The molecule has 2 saturated carbocycles. The first-order valence-electron chi connectivity index (χ1n) is 18.9. The molecule has 0 radical (unpaired) electrons. The van der Waals surface area contributed by atoms with Crippen molar-refractivity contribution in [2.45, 2.75) is 63.5 Å². The number of aromatic amines is 2. The van der Waals surface area contributed by atoms with Gasteiger partial charge in [-0.2, -0.15) is 0 Å². The predicted octanol–water partition coefficient (Wildman–Crippen LogP) is 7.41. The number of carbonyl (C=O) groups excluding carboxylic acids is 1. The third-order valence-corrected chi connectivity index (χ3v) is 10.7. The standard InChI is InChI=1S/C21H24ClFN6O2.C18H17ClFN5O2/c1-31-6-5-24-21(30)12-3-2-4-14(7-12)28-20-17(23)11-27-19(29-20)16-10-26-18-15(16)8-13(22)9-25-18;19-10-5-12-13(7-22-15(12)21-6-10)16-23-8-14(20)17(25-16)24-11-3-1-2-9(4-11)18(26)27/h8-12,14H,2-7H2,1H3,(H,24,30)(H,25,26)(H,27,28,29);5-9,11H,1-4H2,(H,21,22)(H,26,27)(H,23,24,25)/t12-,14?;9-,11?/m11/s1. The highest BCUT2D eigenvalue weighted by Crippen LogP contribution is 2.32. The van der Waals surface area contributed by atoms with E-state index in [9.17, 15) is 23.5 Å². The fourth-order valence-electron chi connectivity index (χ4n) is 7.43. The van der Waals surface area contributed by atoms with Gasteiger partial charge in [0.1, 0.15) is 11.3 Å². The highest BCUT2D eigenvalue weighted by atomic mass is 35.5. The molecule has 0 saturated heterocycles. The molecule has 15 nitrogen and oxygen atoms in total. The fourth-order valence-corrected chi connectivity index (χ4v) is 7.75. The van der Waals surface area contributed by atoms with E-state index < -0.39 is 23.5 Å². The number of carboxylic acids is 1. The van der Waals surface area contributed by atoms with Gasteiger partial charge in [-0.1, -0.05) is 36.0 Å². The second-order valence-corrected chi connectivity index (χ2v) is 15.2. The number of H-pyrrole nitrogens is 2. The van der Waals surface area contributed by atoms with Gasteiger partial charge in [0, 0.05) is 78.3 Å². The van der Waals surface area contributed by atoms with Gasteiger partial charge in [-0.05, 0) is 50.7 Å². The molecule has 6 aromatic rings. The molecule has 58 heavy (non-hydrogen) atoms. The molecule has 6 N–H and O–H groups in total. The Morgan fingerprint density at radius 1 is 0.776 bits per heavy atom. The Morgan fingerprint density at radius 3 is 1.78 bits per heavy atom. The minimum Gasteiger partial charge on any atom is -0.481 e. The van der Waals surface area contributed by atoms with E-state index in [0.29, 0.717) is 76.5 Å². The minimum atomic E-state index is -0.812. The van der Waals surface area contributed by atoms with E-state index in [0.717, 1.165) is 55.3 Å². The van der Waals surface area contributed by atoms with Crippen LogP contribution in [0.5, 0.6) is 0 Å². The lowest BCUT2D eigenvalue weighted by Crippen LogP contribution is -2.38. The number of ether oxygens (including phenoxy) is 1. The number of methoxy groups -OCH3 is 1. The average molecular weight is 837 g/mol. The summed E-state index contributed by atoms with van der Waals surface area (Å²) in [6.07, 6.45) is 14.6. The summed E-state index contributed by atoms with van der Waals surface area (Å²) in [7, 11) is 1.60. The number of nitrogens with zero attached hydrogens (tertiary/aromatic N) is 6.